The van der Waals surface area contributed by atoms with E-state index in [1.54, 1.807) is 0 Å². The number of carbonyl (C=O) groups excluding carboxylic acids is 1. The second-order valence-corrected chi connectivity index (χ2v) is 6.01. The number of piperidine rings is 2. The Morgan fingerprint density at radius 1 is 1.24 bits per heavy atom. The zero-order chi connectivity index (χ0) is 11.8. The van der Waals surface area contributed by atoms with Crippen LogP contribution in [-0.4, -0.2) is 42.8 Å². The lowest BCUT2D eigenvalue weighted by Crippen LogP contribution is -2.53. The third-order valence-corrected chi connectivity index (χ3v) is 3.14. The fourth-order valence-corrected chi connectivity index (χ4v) is 2.58. The first-order chi connectivity index (χ1) is 7.44. The molecule has 0 saturated carbocycles. The van der Waals surface area contributed by atoms with E-state index < -0.39 is 0 Å². The van der Waals surface area contributed by atoms with E-state index in [1.165, 1.54) is 6.42 Å². The van der Waals surface area contributed by atoms with Gasteiger partial charge in [-0.25, -0.2) is 4.79 Å². The maximum absolute atomic E-state index is 11.9. The zero-order valence-electron chi connectivity index (χ0n) is 10.9. The molecule has 5 heteroatoms. The molecule has 2 atom stereocenters. The van der Waals surface area contributed by atoms with Gasteiger partial charge in [-0.2, -0.15) is 0 Å². The van der Waals surface area contributed by atoms with Crippen LogP contribution in [0.4, 0.5) is 4.79 Å². The summed E-state index contributed by atoms with van der Waals surface area (Å²) in [6.07, 6.45) is 1.11. The van der Waals surface area contributed by atoms with E-state index in [0.717, 1.165) is 26.2 Å². The second-order valence-electron chi connectivity index (χ2n) is 6.01. The summed E-state index contributed by atoms with van der Waals surface area (Å²) in [5.74, 6) is 1.22. The summed E-state index contributed by atoms with van der Waals surface area (Å²) in [7, 11) is 0. The average Bonchev–Trinajstić information content (AvgIpc) is 2.14. The molecule has 1 amide bonds. The van der Waals surface area contributed by atoms with E-state index in [2.05, 4.69) is 5.32 Å². The highest BCUT2D eigenvalue weighted by atomic mass is 35.5. The lowest BCUT2D eigenvalue weighted by atomic mass is 9.86. The molecule has 2 saturated heterocycles. The Morgan fingerprint density at radius 2 is 1.76 bits per heavy atom. The number of nitrogens with one attached hydrogen (secondary N) is 1. The smallest absolute Gasteiger partial charge is 0.410 e. The molecular weight excluding hydrogens is 240 g/mol. The van der Waals surface area contributed by atoms with Gasteiger partial charge in [-0.1, -0.05) is 0 Å². The van der Waals surface area contributed by atoms with Gasteiger partial charge in [-0.05, 0) is 52.1 Å². The number of carbonyl (C=O) groups is 1. The predicted molar refractivity (Wildman–Crippen MR) is 69.5 cm³/mol. The van der Waals surface area contributed by atoms with Crippen molar-refractivity contribution in [2.45, 2.75) is 32.8 Å². The third-order valence-electron chi connectivity index (χ3n) is 3.14. The van der Waals surface area contributed by atoms with Crippen LogP contribution in [0.3, 0.4) is 0 Å². The lowest BCUT2D eigenvalue weighted by molar-refractivity contribution is 0.00578. The van der Waals surface area contributed by atoms with Crippen LogP contribution in [0.1, 0.15) is 27.2 Å². The van der Waals surface area contributed by atoms with Gasteiger partial charge in [0.15, 0.2) is 0 Å². The Morgan fingerprint density at radius 3 is 2.24 bits per heavy atom. The molecule has 2 unspecified atom stereocenters. The molecule has 0 aromatic heterocycles. The van der Waals surface area contributed by atoms with Gasteiger partial charge in [0.2, 0.25) is 0 Å². The average molecular weight is 263 g/mol. The van der Waals surface area contributed by atoms with Crippen molar-refractivity contribution in [3.05, 3.63) is 0 Å². The highest BCUT2D eigenvalue weighted by molar-refractivity contribution is 5.85. The number of nitrogens with zero attached hydrogens (tertiary/aromatic N) is 1. The highest BCUT2D eigenvalue weighted by Gasteiger charge is 2.34. The number of fused-ring (bicyclic) bond motifs is 2. The largest absolute Gasteiger partial charge is 0.444 e. The summed E-state index contributed by atoms with van der Waals surface area (Å²) < 4.78 is 5.41. The van der Waals surface area contributed by atoms with Crippen LogP contribution < -0.4 is 5.32 Å². The Bertz CT molecular complexity index is 266. The number of ether oxygens (including phenoxy) is 1. The maximum Gasteiger partial charge on any atom is 0.410 e. The zero-order valence-corrected chi connectivity index (χ0v) is 11.7. The SMILES string of the molecule is CC(C)(C)OC(=O)N1CC2CNCC(C2)C1.Cl. The summed E-state index contributed by atoms with van der Waals surface area (Å²) in [5, 5.41) is 3.42. The second kappa shape index (κ2) is 5.44. The molecule has 17 heavy (non-hydrogen) atoms. The molecule has 2 aliphatic rings. The molecule has 2 bridgehead atoms. The summed E-state index contributed by atoms with van der Waals surface area (Å²) >= 11 is 0. The maximum atomic E-state index is 11.9. The highest BCUT2D eigenvalue weighted by Crippen LogP contribution is 2.25. The van der Waals surface area contributed by atoms with Crippen molar-refractivity contribution in [3.63, 3.8) is 0 Å². The van der Waals surface area contributed by atoms with Gasteiger partial charge < -0.3 is 15.0 Å². The van der Waals surface area contributed by atoms with E-state index in [4.69, 9.17) is 4.74 Å². The normalized spacial score (nSPS) is 28.3. The quantitative estimate of drug-likeness (QED) is 0.725. The predicted octanol–water partition coefficient (Wildman–Crippen LogP) is 1.88. The van der Waals surface area contributed by atoms with Crippen LogP contribution in [0.2, 0.25) is 0 Å². The van der Waals surface area contributed by atoms with Gasteiger partial charge in [-0.3, -0.25) is 0 Å². The number of halogens is 1. The summed E-state index contributed by atoms with van der Waals surface area (Å²) in [6, 6.07) is 0. The molecule has 0 aromatic rings. The summed E-state index contributed by atoms with van der Waals surface area (Å²) in [6.45, 7) is 9.51. The molecule has 0 aliphatic carbocycles. The van der Waals surface area contributed by atoms with Gasteiger partial charge in [0.1, 0.15) is 5.60 Å². The number of rotatable bonds is 0. The van der Waals surface area contributed by atoms with Crippen LogP contribution in [0.15, 0.2) is 0 Å². The molecule has 2 heterocycles. The fraction of sp³-hybridized carbons (Fsp3) is 0.917. The Balaban J connectivity index is 0.00000144. The van der Waals surface area contributed by atoms with Crippen molar-refractivity contribution < 1.29 is 9.53 Å². The minimum atomic E-state index is -0.387. The first-order valence-corrected chi connectivity index (χ1v) is 6.13. The van der Waals surface area contributed by atoms with Crippen molar-refractivity contribution in [1.82, 2.24) is 10.2 Å². The van der Waals surface area contributed by atoms with Crippen LogP contribution in [0.5, 0.6) is 0 Å². The Hall–Kier alpha value is -0.480. The molecule has 0 radical (unpaired) electrons. The van der Waals surface area contributed by atoms with E-state index in [1.807, 2.05) is 25.7 Å². The molecule has 2 aliphatic heterocycles. The van der Waals surface area contributed by atoms with Crippen molar-refractivity contribution >= 4 is 18.5 Å². The van der Waals surface area contributed by atoms with Crippen LogP contribution in [0, 0.1) is 11.8 Å². The molecule has 2 fully saturated rings. The van der Waals surface area contributed by atoms with Gasteiger partial charge in [0, 0.05) is 13.1 Å². The van der Waals surface area contributed by atoms with Gasteiger partial charge in [0.25, 0.3) is 0 Å². The fourth-order valence-electron chi connectivity index (χ4n) is 2.58. The Labute approximate surface area is 109 Å². The molecule has 100 valence electrons. The van der Waals surface area contributed by atoms with Gasteiger partial charge in [-0.15, -0.1) is 12.4 Å². The minimum Gasteiger partial charge on any atom is -0.444 e. The summed E-state index contributed by atoms with van der Waals surface area (Å²) in [5.41, 5.74) is -0.387. The van der Waals surface area contributed by atoms with Crippen LogP contribution in [0.25, 0.3) is 0 Å². The van der Waals surface area contributed by atoms with Crippen molar-refractivity contribution in [2.75, 3.05) is 26.2 Å². The summed E-state index contributed by atoms with van der Waals surface area (Å²) in [4.78, 5) is 13.8. The number of likely N-dealkylation sites (tertiary alicyclic amines) is 1. The number of amides is 1. The van der Waals surface area contributed by atoms with Gasteiger partial charge in [0.05, 0.1) is 0 Å². The lowest BCUT2D eigenvalue weighted by Gasteiger charge is -2.41. The molecule has 1 N–H and O–H groups in total. The molecular formula is C12H23ClN2O2. The third kappa shape index (κ3) is 4.03. The van der Waals surface area contributed by atoms with E-state index in [-0.39, 0.29) is 24.1 Å². The number of hydrogen-bond acceptors (Lipinski definition) is 3. The molecule has 0 spiro atoms. The standard InChI is InChI=1S/C12H22N2O2.ClH/c1-12(2,3)16-11(15)14-7-9-4-10(8-14)6-13-5-9;/h9-10,13H,4-8H2,1-3H3;1H. The minimum absolute atomic E-state index is 0. The van der Waals surface area contributed by atoms with E-state index in [0.29, 0.717) is 11.8 Å². The topological polar surface area (TPSA) is 41.6 Å². The first kappa shape index (κ1) is 14.6. The molecule has 0 aromatic carbocycles. The van der Waals surface area contributed by atoms with Crippen molar-refractivity contribution in [1.29, 1.82) is 0 Å². The monoisotopic (exact) mass is 262 g/mol. The van der Waals surface area contributed by atoms with Gasteiger partial charge >= 0.3 is 6.09 Å². The molecule has 4 nitrogen and oxygen atoms in total. The Kier molecular flexibility index (Phi) is 4.67. The molecule has 2 rings (SSSR count). The van der Waals surface area contributed by atoms with Crippen molar-refractivity contribution in [3.8, 4) is 0 Å². The first-order valence-electron chi connectivity index (χ1n) is 6.13. The van der Waals surface area contributed by atoms with Crippen molar-refractivity contribution in [2.24, 2.45) is 11.8 Å². The van der Waals surface area contributed by atoms with E-state index >= 15 is 0 Å². The van der Waals surface area contributed by atoms with Crippen LogP contribution >= 0.6 is 12.4 Å². The number of hydrogen-bond donors (Lipinski definition) is 1. The van der Waals surface area contributed by atoms with E-state index in [9.17, 15) is 4.79 Å². The van der Waals surface area contributed by atoms with Crippen LogP contribution in [-0.2, 0) is 4.74 Å².